The number of hydrogen-bond acceptors (Lipinski definition) is 0. The Morgan fingerprint density at radius 1 is 0.850 bits per heavy atom. The van der Waals surface area contributed by atoms with E-state index in [0.717, 1.165) is 5.92 Å². The summed E-state index contributed by atoms with van der Waals surface area (Å²) in [5.74, 6) is 0.815. The first-order valence-corrected chi connectivity index (χ1v) is 8.05. The standard InChI is InChI=1S/C20H24/c1-2-9-17(10-3-1)11-4-5-12-18-14-8-15-19-13-6-7-16-20(18)19/h1-3,6-7,9-10,13,16,18H,4-5,8,11-12,14-15H2. The molecule has 0 saturated heterocycles. The third-order valence-corrected chi connectivity index (χ3v) is 4.60. The minimum Gasteiger partial charge on any atom is -0.0622 e. The van der Waals surface area contributed by atoms with Crippen LogP contribution in [-0.2, 0) is 12.8 Å². The second kappa shape index (κ2) is 6.74. The maximum atomic E-state index is 2.36. The molecule has 1 atom stereocenters. The summed E-state index contributed by atoms with van der Waals surface area (Å²) in [5.41, 5.74) is 4.72. The fourth-order valence-electron chi connectivity index (χ4n) is 3.52. The van der Waals surface area contributed by atoms with Crippen LogP contribution in [0.1, 0.15) is 54.7 Å². The van der Waals surface area contributed by atoms with Gasteiger partial charge in [0.15, 0.2) is 0 Å². The average Bonchev–Trinajstić information content (AvgIpc) is 2.53. The van der Waals surface area contributed by atoms with Crippen molar-refractivity contribution in [3.8, 4) is 0 Å². The number of aryl methyl sites for hydroxylation is 2. The molecule has 104 valence electrons. The molecule has 0 N–H and O–H groups in total. The summed E-state index contributed by atoms with van der Waals surface area (Å²) in [6.07, 6.45) is 9.33. The van der Waals surface area contributed by atoms with Gasteiger partial charge in [0.05, 0.1) is 0 Å². The highest BCUT2D eigenvalue weighted by Gasteiger charge is 2.18. The first-order valence-electron chi connectivity index (χ1n) is 8.05. The van der Waals surface area contributed by atoms with E-state index in [2.05, 4.69) is 54.6 Å². The lowest BCUT2D eigenvalue weighted by Crippen LogP contribution is -2.09. The topological polar surface area (TPSA) is 0 Å². The molecule has 1 aliphatic carbocycles. The fourth-order valence-corrected chi connectivity index (χ4v) is 3.52. The van der Waals surface area contributed by atoms with Gasteiger partial charge in [-0.25, -0.2) is 0 Å². The molecule has 1 unspecified atom stereocenters. The van der Waals surface area contributed by atoms with E-state index in [9.17, 15) is 0 Å². The van der Waals surface area contributed by atoms with Crippen LogP contribution >= 0.6 is 0 Å². The zero-order valence-corrected chi connectivity index (χ0v) is 12.2. The van der Waals surface area contributed by atoms with Gasteiger partial charge in [-0.2, -0.15) is 0 Å². The third-order valence-electron chi connectivity index (χ3n) is 4.60. The van der Waals surface area contributed by atoms with Gasteiger partial charge in [0.1, 0.15) is 0 Å². The molecular formula is C20H24. The Labute approximate surface area is 122 Å². The van der Waals surface area contributed by atoms with E-state index in [-0.39, 0.29) is 0 Å². The minimum atomic E-state index is 0.815. The molecule has 0 nitrogen and oxygen atoms in total. The maximum Gasteiger partial charge on any atom is -0.0159 e. The van der Waals surface area contributed by atoms with Crippen LogP contribution < -0.4 is 0 Å². The van der Waals surface area contributed by atoms with Crippen LogP contribution in [-0.4, -0.2) is 0 Å². The van der Waals surface area contributed by atoms with Crippen LogP contribution in [0.5, 0.6) is 0 Å². The Morgan fingerprint density at radius 3 is 2.55 bits per heavy atom. The summed E-state index contributed by atoms with van der Waals surface area (Å²) in [6.45, 7) is 0. The van der Waals surface area contributed by atoms with Crippen molar-refractivity contribution in [2.45, 2.75) is 50.9 Å². The van der Waals surface area contributed by atoms with E-state index in [1.807, 2.05) is 0 Å². The van der Waals surface area contributed by atoms with E-state index in [4.69, 9.17) is 0 Å². The Kier molecular flexibility index (Phi) is 4.53. The Balaban J connectivity index is 1.50. The van der Waals surface area contributed by atoms with Crippen LogP contribution in [0.25, 0.3) is 0 Å². The third kappa shape index (κ3) is 3.30. The van der Waals surface area contributed by atoms with Gasteiger partial charge in [-0.15, -0.1) is 0 Å². The molecule has 2 aromatic carbocycles. The molecule has 0 aliphatic heterocycles. The number of rotatable bonds is 5. The monoisotopic (exact) mass is 264 g/mol. The first kappa shape index (κ1) is 13.4. The molecule has 0 heteroatoms. The van der Waals surface area contributed by atoms with Crippen LogP contribution in [0.3, 0.4) is 0 Å². The van der Waals surface area contributed by atoms with Gasteiger partial charge in [0.2, 0.25) is 0 Å². The fraction of sp³-hybridized carbons (Fsp3) is 0.400. The van der Waals surface area contributed by atoms with E-state index in [1.54, 1.807) is 11.1 Å². The lowest BCUT2D eigenvalue weighted by Gasteiger charge is -2.25. The van der Waals surface area contributed by atoms with Crippen LogP contribution in [0, 0.1) is 0 Å². The van der Waals surface area contributed by atoms with Crippen molar-refractivity contribution in [3.63, 3.8) is 0 Å². The SMILES string of the molecule is c1ccc(CCCCC2CCCc3ccccc32)cc1. The molecule has 0 aromatic heterocycles. The second-order valence-corrected chi connectivity index (χ2v) is 6.02. The second-order valence-electron chi connectivity index (χ2n) is 6.02. The predicted octanol–water partition coefficient (Wildman–Crippen LogP) is 5.52. The lowest BCUT2D eigenvalue weighted by atomic mass is 9.80. The first-order chi connectivity index (χ1) is 9.93. The van der Waals surface area contributed by atoms with Gasteiger partial charge in [-0.3, -0.25) is 0 Å². The largest absolute Gasteiger partial charge is 0.0622 e. The van der Waals surface area contributed by atoms with Crippen molar-refractivity contribution >= 4 is 0 Å². The molecule has 0 bridgehead atoms. The van der Waals surface area contributed by atoms with Gasteiger partial charge < -0.3 is 0 Å². The van der Waals surface area contributed by atoms with Gasteiger partial charge in [-0.05, 0) is 61.1 Å². The van der Waals surface area contributed by atoms with Gasteiger partial charge >= 0.3 is 0 Å². The highest BCUT2D eigenvalue weighted by molar-refractivity contribution is 5.32. The lowest BCUT2D eigenvalue weighted by molar-refractivity contribution is 0.495. The number of fused-ring (bicyclic) bond motifs is 1. The van der Waals surface area contributed by atoms with Crippen molar-refractivity contribution in [1.82, 2.24) is 0 Å². The molecule has 3 rings (SSSR count). The van der Waals surface area contributed by atoms with Crippen molar-refractivity contribution in [2.24, 2.45) is 0 Å². The zero-order chi connectivity index (χ0) is 13.6. The highest BCUT2D eigenvalue weighted by atomic mass is 14.2. The Hall–Kier alpha value is -1.56. The van der Waals surface area contributed by atoms with E-state index in [1.165, 1.54) is 50.5 Å². The molecular weight excluding hydrogens is 240 g/mol. The van der Waals surface area contributed by atoms with Crippen LogP contribution in [0.4, 0.5) is 0 Å². The van der Waals surface area contributed by atoms with Gasteiger partial charge in [0, 0.05) is 0 Å². The van der Waals surface area contributed by atoms with E-state index >= 15 is 0 Å². The normalized spacial score (nSPS) is 17.7. The van der Waals surface area contributed by atoms with E-state index in [0.29, 0.717) is 0 Å². The van der Waals surface area contributed by atoms with Crippen LogP contribution in [0.15, 0.2) is 54.6 Å². The summed E-state index contributed by atoms with van der Waals surface area (Å²) < 4.78 is 0. The van der Waals surface area contributed by atoms with Crippen LogP contribution in [0.2, 0.25) is 0 Å². The molecule has 0 radical (unpaired) electrons. The average molecular weight is 264 g/mol. The number of unbranched alkanes of at least 4 members (excludes halogenated alkanes) is 1. The molecule has 0 fully saturated rings. The molecule has 2 aromatic rings. The summed E-state index contributed by atoms with van der Waals surface area (Å²) >= 11 is 0. The summed E-state index contributed by atoms with van der Waals surface area (Å²) in [4.78, 5) is 0. The number of benzene rings is 2. The molecule has 0 heterocycles. The Bertz CT molecular complexity index is 527. The van der Waals surface area contributed by atoms with E-state index < -0.39 is 0 Å². The van der Waals surface area contributed by atoms with Gasteiger partial charge in [-0.1, -0.05) is 61.0 Å². The quantitative estimate of drug-likeness (QED) is 0.624. The summed E-state index contributed by atoms with van der Waals surface area (Å²) in [5, 5.41) is 0. The minimum absolute atomic E-state index is 0.815. The maximum absolute atomic E-state index is 2.36. The predicted molar refractivity (Wildman–Crippen MR) is 86.1 cm³/mol. The van der Waals surface area contributed by atoms with Crippen molar-refractivity contribution in [3.05, 3.63) is 71.3 Å². The molecule has 0 spiro atoms. The smallest absolute Gasteiger partial charge is 0.0159 e. The number of hydrogen-bond donors (Lipinski definition) is 0. The molecule has 0 amide bonds. The highest BCUT2D eigenvalue weighted by Crippen LogP contribution is 2.34. The molecule has 1 aliphatic rings. The van der Waals surface area contributed by atoms with Crippen molar-refractivity contribution in [1.29, 1.82) is 0 Å². The zero-order valence-electron chi connectivity index (χ0n) is 12.2. The molecule has 20 heavy (non-hydrogen) atoms. The summed E-state index contributed by atoms with van der Waals surface area (Å²) in [7, 11) is 0. The van der Waals surface area contributed by atoms with Gasteiger partial charge in [0.25, 0.3) is 0 Å². The summed E-state index contributed by atoms with van der Waals surface area (Å²) in [6, 6.07) is 20.0. The van der Waals surface area contributed by atoms with Crippen molar-refractivity contribution < 1.29 is 0 Å². The van der Waals surface area contributed by atoms with Crippen molar-refractivity contribution in [2.75, 3.05) is 0 Å². The Morgan fingerprint density at radius 2 is 1.65 bits per heavy atom. The molecule has 0 saturated carbocycles.